The SMILES string of the molecule is Cc1c(C(=O)O)cccc1-c1ccc(CCN)o1. The third kappa shape index (κ3) is 2.28. The largest absolute Gasteiger partial charge is 0.478 e. The Kier molecular flexibility index (Phi) is 3.48. The van der Waals surface area contributed by atoms with Crippen LogP contribution in [0.3, 0.4) is 0 Å². The molecule has 0 aliphatic heterocycles. The molecule has 4 nitrogen and oxygen atoms in total. The minimum Gasteiger partial charge on any atom is -0.478 e. The van der Waals surface area contributed by atoms with Gasteiger partial charge in [-0.3, -0.25) is 0 Å². The number of furan rings is 1. The molecule has 1 heterocycles. The molecule has 0 unspecified atom stereocenters. The number of rotatable bonds is 4. The Morgan fingerprint density at radius 2 is 2.11 bits per heavy atom. The second-order valence-corrected chi connectivity index (χ2v) is 4.09. The highest BCUT2D eigenvalue weighted by atomic mass is 16.4. The van der Waals surface area contributed by atoms with E-state index in [9.17, 15) is 4.79 Å². The molecule has 0 aliphatic carbocycles. The first kappa shape index (κ1) is 12.4. The summed E-state index contributed by atoms with van der Waals surface area (Å²) in [7, 11) is 0. The Balaban J connectivity index is 2.43. The first-order chi connectivity index (χ1) is 8.63. The molecule has 0 amide bonds. The molecule has 1 aromatic heterocycles. The summed E-state index contributed by atoms with van der Waals surface area (Å²) in [5, 5.41) is 9.08. The monoisotopic (exact) mass is 245 g/mol. The smallest absolute Gasteiger partial charge is 0.335 e. The summed E-state index contributed by atoms with van der Waals surface area (Å²) in [5.41, 5.74) is 7.27. The van der Waals surface area contributed by atoms with Gasteiger partial charge in [-0.15, -0.1) is 0 Å². The molecule has 1 aromatic carbocycles. The van der Waals surface area contributed by atoms with Gasteiger partial charge in [0.2, 0.25) is 0 Å². The molecule has 4 heteroatoms. The van der Waals surface area contributed by atoms with Gasteiger partial charge in [0.25, 0.3) is 0 Å². The lowest BCUT2D eigenvalue weighted by Gasteiger charge is -2.06. The second-order valence-electron chi connectivity index (χ2n) is 4.09. The first-order valence-electron chi connectivity index (χ1n) is 5.75. The van der Waals surface area contributed by atoms with Gasteiger partial charge in [0, 0.05) is 12.0 Å². The van der Waals surface area contributed by atoms with E-state index in [2.05, 4.69) is 0 Å². The quantitative estimate of drug-likeness (QED) is 0.867. The van der Waals surface area contributed by atoms with Crippen LogP contribution < -0.4 is 5.73 Å². The number of carboxylic acid groups (broad SMARTS) is 1. The number of nitrogens with two attached hydrogens (primary N) is 1. The Labute approximate surface area is 105 Å². The third-order valence-corrected chi connectivity index (χ3v) is 2.88. The van der Waals surface area contributed by atoms with E-state index >= 15 is 0 Å². The zero-order chi connectivity index (χ0) is 13.1. The van der Waals surface area contributed by atoms with Gasteiger partial charge in [-0.2, -0.15) is 0 Å². The average Bonchev–Trinajstić information content (AvgIpc) is 2.78. The zero-order valence-corrected chi connectivity index (χ0v) is 10.1. The van der Waals surface area contributed by atoms with Gasteiger partial charge in [-0.1, -0.05) is 12.1 Å². The standard InChI is InChI=1S/C14H15NO3/c1-9-11(3-2-4-12(9)14(16)17)13-6-5-10(18-13)7-8-15/h2-6H,7-8,15H2,1H3,(H,16,17). The zero-order valence-electron chi connectivity index (χ0n) is 10.1. The van der Waals surface area contributed by atoms with E-state index < -0.39 is 5.97 Å². The van der Waals surface area contributed by atoms with Crippen molar-refractivity contribution in [1.29, 1.82) is 0 Å². The van der Waals surface area contributed by atoms with E-state index in [1.54, 1.807) is 19.1 Å². The van der Waals surface area contributed by atoms with Gasteiger partial charge >= 0.3 is 5.97 Å². The molecular weight excluding hydrogens is 230 g/mol. The minimum atomic E-state index is -0.928. The number of hydrogen-bond donors (Lipinski definition) is 2. The third-order valence-electron chi connectivity index (χ3n) is 2.88. The normalized spacial score (nSPS) is 10.6. The summed E-state index contributed by atoms with van der Waals surface area (Å²) in [6.45, 7) is 2.31. The summed E-state index contributed by atoms with van der Waals surface area (Å²) in [6.07, 6.45) is 0.678. The van der Waals surface area contributed by atoms with Crippen LogP contribution in [0.25, 0.3) is 11.3 Å². The lowest BCUT2D eigenvalue weighted by Crippen LogP contribution is -2.01. The average molecular weight is 245 g/mol. The van der Waals surface area contributed by atoms with Gasteiger partial charge in [0.1, 0.15) is 11.5 Å². The molecule has 2 rings (SSSR count). The minimum absolute atomic E-state index is 0.296. The number of aromatic carboxylic acids is 1. The molecule has 0 fully saturated rings. The number of benzene rings is 1. The molecule has 0 radical (unpaired) electrons. The Morgan fingerprint density at radius 1 is 1.33 bits per heavy atom. The van der Waals surface area contributed by atoms with Crippen LogP contribution in [0, 0.1) is 6.92 Å². The molecule has 0 aliphatic rings. The Bertz CT molecular complexity index is 572. The molecule has 0 spiro atoms. The van der Waals surface area contributed by atoms with Crippen molar-refractivity contribution in [3.63, 3.8) is 0 Å². The fourth-order valence-corrected chi connectivity index (χ4v) is 1.93. The van der Waals surface area contributed by atoms with Crippen LogP contribution in [-0.2, 0) is 6.42 Å². The van der Waals surface area contributed by atoms with E-state index in [1.165, 1.54) is 0 Å². The highest BCUT2D eigenvalue weighted by molar-refractivity contribution is 5.91. The molecule has 2 aromatic rings. The predicted octanol–water partition coefficient (Wildman–Crippen LogP) is 2.45. The van der Waals surface area contributed by atoms with Crippen LogP contribution >= 0.6 is 0 Å². The number of hydrogen-bond acceptors (Lipinski definition) is 3. The van der Waals surface area contributed by atoms with Crippen molar-refractivity contribution >= 4 is 5.97 Å². The van der Waals surface area contributed by atoms with Crippen LogP contribution in [0.15, 0.2) is 34.7 Å². The van der Waals surface area contributed by atoms with Crippen LogP contribution in [0.2, 0.25) is 0 Å². The van der Waals surface area contributed by atoms with Gasteiger partial charge in [-0.05, 0) is 37.2 Å². The maximum absolute atomic E-state index is 11.1. The van der Waals surface area contributed by atoms with E-state index in [0.717, 1.165) is 11.3 Å². The van der Waals surface area contributed by atoms with Crippen molar-refractivity contribution in [2.75, 3.05) is 6.54 Å². The summed E-state index contributed by atoms with van der Waals surface area (Å²) < 4.78 is 5.65. The Hall–Kier alpha value is -2.07. The fourth-order valence-electron chi connectivity index (χ4n) is 1.93. The first-order valence-corrected chi connectivity index (χ1v) is 5.75. The molecule has 3 N–H and O–H groups in total. The molecule has 0 atom stereocenters. The van der Waals surface area contributed by atoms with Crippen molar-refractivity contribution in [1.82, 2.24) is 0 Å². The maximum Gasteiger partial charge on any atom is 0.335 e. The van der Waals surface area contributed by atoms with Crippen molar-refractivity contribution in [2.24, 2.45) is 5.73 Å². The highest BCUT2D eigenvalue weighted by Crippen LogP contribution is 2.27. The summed E-state index contributed by atoms with van der Waals surface area (Å²) >= 11 is 0. The van der Waals surface area contributed by atoms with Crippen molar-refractivity contribution in [3.05, 3.63) is 47.2 Å². The number of carboxylic acids is 1. The van der Waals surface area contributed by atoms with Crippen LogP contribution in [0.5, 0.6) is 0 Å². The van der Waals surface area contributed by atoms with Crippen molar-refractivity contribution in [2.45, 2.75) is 13.3 Å². The molecule has 0 saturated heterocycles. The van der Waals surface area contributed by atoms with Gasteiger partial charge in [0.15, 0.2) is 0 Å². The van der Waals surface area contributed by atoms with Gasteiger partial charge < -0.3 is 15.3 Å². The summed E-state index contributed by atoms with van der Waals surface area (Å²) in [4.78, 5) is 11.1. The van der Waals surface area contributed by atoms with Gasteiger partial charge in [0.05, 0.1) is 5.56 Å². The van der Waals surface area contributed by atoms with Crippen molar-refractivity contribution in [3.8, 4) is 11.3 Å². The second kappa shape index (κ2) is 5.06. The van der Waals surface area contributed by atoms with Crippen molar-refractivity contribution < 1.29 is 14.3 Å². The lowest BCUT2D eigenvalue weighted by atomic mass is 10.0. The summed E-state index contributed by atoms with van der Waals surface area (Å²) in [6, 6.07) is 8.88. The van der Waals surface area contributed by atoms with E-state index in [0.29, 0.717) is 29.9 Å². The van der Waals surface area contributed by atoms with E-state index in [4.69, 9.17) is 15.3 Å². The Morgan fingerprint density at radius 3 is 2.78 bits per heavy atom. The molecule has 0 saturated carbocycles. The van der Waals surface area contributed by atoms with E-state index in [1.807, 2.05) is 18.2 Å². The molecule has 18 heavy (non-hydrogen) atoms. The lowest BCUT2D eigenvalue weighted by molar-refractivity contribution is 0.0696. The van der Waals surface area contributed by atoms with Crippen LogP contribution in [-0.4, -0.2) is 17.6 Å². The highest BCUT2D eigenvalue weighted by Gasteiger charge is 2.13. The summed E-state index contributed by atoms with van der Waals surface area (Å²) in [5.74, 6) is 0.565. The van der Waals surface area contributed by atoms with Crippen LogP contribution in [0.4, 0.5) is 0 Å². The maximum atomic E-state index is 11.1. The molecular formula is C14H15NO3. The van der Waals surface area contributed by atoms with Crippen LogP contribution in [0.1, 0.15) is 21.7 Å². The molecule has 94 valence electrons. The fraction of sp³-hybridized carbons (Fsp3) is 0.214. The number of carbonyl (C=O) groups is 1. The predicted molar refractivity (Wildman–Crippen MR) is 68.6 cm³/mol. The van der Waals surface area contributed by atoms with Gasteiger partial charge in [-0.25, -0.2) is 4.79 Å². The molecule has 0 bridgehead atoms. The topological polar surface area (TPSA) is 76.5 Å². The van der Waals surface area contributed by atoms with E-state index in [-0.39, 0.29) is 0 Å².